The quantitative estimate of drug-likeness (QED) is 0.796. The highest BCUT2D eigenvalue weighted by atomic mass is 35.5. The van der Waals surface area contributed by atoms with Crippen LogP contribution in [0.2, 0.25) is 5.02 Å². The predicted octanol–water partition coefficient (Wildman–Crippen LogP) is 2.62. The molecule has 0 fully saturated rings. The molecule has 0 aromatic heterocycles. The first kappa shape index (κ1) is 10.6. The second kappa shape index (κ2) is 3.94. The fraction of sp³-hybridized carbons (Fsp3) is 0.300. The standard InChI is InChI=1S/C10H10ClNO2S/c1-5-2-6(11)9-7(3-5)15-8(4-12-9)10(13)14/h2-3,8,12H,4H2,1H3,(H,13,14). The summed E-state index contributed by atoms with van der Waals surface area (Å²) >= 11 is 7.40. The topological polar surface area (TPSA) is 49.3 Å². The lowest BCUT2D eigenvalue weighted by Gasteiger charge is -2.24. The molecule has 0 saturated carbocycles. The second-order valence-corrected chi connectivity index (χ2v) is 5.10. The fourth-order valence-corrected chi connectivity index (χ4v) is 3.03. The van der Waals surface area contributed by atoms with Gasteiger partial charge in [0.2, 0.25) is 0 Å². The lowest BCUT2D eigenvalue weighted by Crippen LogP contribution is -2.28. The van der Waals surface area contributed by atoms with E-state index in [-0.39, 0.29) is 0 Å². The number of benzene rings is 1. The largest absolute Gasteiger partial charge is 0.480 e. The molecule has 1 aliphatic rings. The SMILES string of the molecule is Cc1cc(Cl)c2c(c1)SC(C(=O)O)CN2. The number of aliphatic carboxylic acids is 1. The number of rotatable bonds is 1. The van der Waals surface area contributed by atoms with Crippen molar-refractivity contribution in [2.24, 2.45) is 0 Å². The van der Waals surface area contributed by atoms with Crippen molar-refractivity contribution in [1.29, 1.82) is 0 Å². The summed E-state index contributed by atoms with van der Waals surface area (Å²) in [6.07, 6.45) is 0. The molecular weight excluding hydrogens is 234 g/mol. The maximum Gasteiger partial charge on any atom is 0.318 e. The summed E-state index contributed by atoms with van der Waals surface area (Å²) in [4.78, 5) is 11.8. The van der Waals surface area contributed by atoms with Crippen LogP contribution in [0.15, 0.2) is 17.0 Å². The van der Waals surface area contributed by atoms with Gasteiger partial charge in [0, 0.05) is 11.4 Å². The van der Waals surface area contributed by atoms with Gasteiger partial charge in [-0.15, -0.1) is 11.8 Å². The Hall–Kier alpha value is -0.870. The lowest BCUT2D eigenvalue weighted by molar-refractivity contribution is -0.136. The Labute approximate surface area is 96.8 Å². The molecule has 0 saturated heterocycles. The number of carboxylic acids is 1. The molecule has 1 aromatic carbocycles. The smallest absolute Gasteiger partial charge is 0.318 e. The molecule has 1 heterocycles. The van der Waals surface area contributed by atoms with E-state index in [4.69, 9.17) is 16.7 Å². The van der Waals surface area contributed by atoms with Gasteiger partial charge in [0.25, 0.3) is 0 Å². The van der Waals surface area contributed by atoms with Gasteiger partial charge >= 0.3 is 5.97 Å². The summed E-state index contributed by atoms with van der Waals surface area (Å²) in [5, 5.41) is 12.2. The number of halogens is 1. The molecule has 0 amide bonds. The Morgan fingerprint density at radius 3 is 3.07 bits per heavy atom. The number of hydrogen-bond donors (Lipinski definition) is 2. The van der Waals surface area contributed by atoms with E-state index in [1.54, 1.807) is 0 Å². The Morgan fingerprint density at radius 2 is 2.40 bits per heavy atom. The minimum atomic E-state index is -0.796. The van der Waals surface area contributed by atoms with E-state index in [9.17, 15) is 4.79 Å². The third kappa shape index (κ3) is 2.06. The predicted molar refractivity (Wildman–Crippen MR) is 62.0 cm³/mol. The summed E-state index contributed by atoms with van der Waals surface area (Å²) in [7, 11) is 0. The molecule has 1 unspecified atom stereocenters. The summed E-state index contributed by atoms with van der Waals surface area (Å²) in [5.41, 5.74) is 1.89. The van der Waals surface area contributed by atoms with Crippen LogP contribution in [0, 0.1) is 6.92 Å². The van der Waals surface area contributed by atoms with Crippen LogP contribution in [0.5, 0.6) is 0 Å². The highest BCUT2D eigenvalue weighted by Crippen LogP contribution is 2.40. The lowest BCUT2D eigenvalue weighted by atomic mass is 10.2. The summed E-state index contributed by atoms with van der Waals surface area (Å²) < 4.78 is 0. The third-order valence-electron chi connectivity index (χ3n) is 2.21. The van der Waals surface area contributed by atoms with Gasteiger partial charge in [-0.25, -0.2) is 0 Å². The number of hydrogen-bond acceptors (Lipinski definition) is 3. The van der Waals surface area contributed by atoms with Gasteiger partial charge in [-0.2, -0.15) is 0 Å². The molecule has 2 N–H and O–H groups in total. The molecule has 0 radical (unpaired) electrons. The van der Waals surface area contributed by atoms with Crippen molar-refractivity contribution in [3.8, 4) is 0 Å². The van der Waals surface area contributed by atoms with Crippen molar-refractivity contribution in [2.75, 3.05) is 11.9 Å². The number of thioether (sulfide) groups is 1. The van der Waals surface area contributed by atoms with Gasteiger partial charge in [-0.1, -0.05) is 11.6 Å². The molecule has 2 rings (SSSR count). The molecular formula is C10H10ClNO2S. The summed E-state index contributed by atoms with van der Waals surface area (Å²) in [6.45, 7) is 2.35. The second-order valence-electron chi connectivity index (χ2n) is 3.45. The molecule has 3 nitrogen and oxygen atoms in total. The van der Waals surface area contributed by atoms with Crippen LogP contribution in [-0.2, 0) is 4.79 Å². The van der Waals surface area contributed by atoms with Crippen molar-refractivity contribution < 1.29 is 9.90 Å². The molecule has 0 spiro atoms. The molecule has 1 aromatic rings. The number of carboxylic acid groups (broad SMARTS) is 1. The van der Waals surface area contributed by atoms with Crippen molar-refractivity contribution in [1.82, 2.24) is 0 Å². The molecule has 0 aliphatic carbocycles. The highest BCUT2D eigenvalue weighted by Gasteiger charge is 2.26. The first-order chi connectivity index (χ1) is 7.08. The molecule has 5 heteroatoms. The average molecular weight is 244 g/mol. The Bertz CT molecular complexity index is 422. The van der Waals surface area contributed by atoms with Crippen molar-refractivity contribution in [3.05, 3.63) is 22.7 Å². The number of fused-ring (bicyclic) bond motifs is 1. The van der Waals surface area contributed by atoms with E-state index in [1.165, 1.54) is 11.8 Å². The monoisotopic (exact) mass is 243 g/mol. The zero-order valence-electron chi connectivity index (χ0n) is 8.08. The Kier molecular flexibility index (Phi) is 2.80. The van der Waals surface area contributed by atoms with Crippen molar-refractivity contribution in [2.45, 2.75) is 17.1 Å². The van der Waals surface area contributed by atoms with Crippen molar-refractivity contribution in [3.63, 3.8) is 0 Å². The average Bonchev–Trinajstić information content (AvgIpc) is 2.16. The van der Waals surface area contributed by atoms with Gasteiger partial charge in [0.1, 0.15) is 5.25 Å². The first-order valence-corrected chi connectivity index (χ1v) is 5.77. The van der Waals surface area contributed by atoms with Crippen LogP contribution in [0.3, 0.4) is 0 Å². The van der Waals surface area contributed by atoms with E-state index >= 15 is 0 Å². The van der Waals surface area contributed by atoms with E-state index in [1.807, 2.05) is 19.1 Å². The van der Waals surface area contributed by atoms with Gasteiger partial charge in [0.15, 0.2) is 0 Å². The molecule has 15 heavy (non-hydrogen) atoms. The fourth-order valence-electron chi connectivity index (χ4n) is 1.50. The normalized spacial score (nSPS) is 19.2. The highest BCUT2D eigenvalue weighted by molar-refractivity contribution is 8.00. The number of aryl methyl sites for hydroxylation is 1. The van der Waals surface area contributed by atoms with E-state index in [0.29, 0.717) is 11.6 Å². The summed E-state index contributed by atoms with van der Waals surface area (Å²) in [6, 6.07) is 3.82. The van der Waals surface area contributed by atoms with Gasteiger partial charge < -0.3 is 10.4 Å². The van der Waals surface area contributed by atoms with E-state index < -0.39 is 11.2 Å². The molecule has 80 valence electrons. The van der Waals surface area contributed by atoms with Crippen molar-refractivity contribution >= 4 is 35.0 Å². The molecule has 0 bridgehead atoms. The van der Waals surface area contributed by atoms with Crippen LogP contribution in [0.25, 0.3) is 0 Å². The van der Waals surface area contributed by atoms with Crippen LogP contribution in [0.1, 0.15) is 5.56 Å². The molecule has 1 atom stereocenters. The van der Waals surface area contributed by atoms with Crippen LogP contribution in [0.4, 0.5) is 5.69 Å². The van der Waals surface area contributed by atoms with Gasteiger partial charge in [-0.05, 0) is 24.6 Å². The van der Waals surface area contributed by atoms with E-state index in [0.717, 1.165) is 16.1 Å². The van der Waals surface area contributed by atoms with Crippen LogP contribution < -0.4 is 5.32 Å². The Morgan fingerprint density at radius 1 is 1.67 bits per heavy atom. The number of carbonyl (C=O) groups is 1. The zero-order valence-corrected chi connectivity index (χ0v) is 9.65. The maximum atomic E-state index is 10.8. The minimum Gasteiger partial charge on any atom is -0.480 e. The Balaban J connectivity index is 2.37. The zero-order chi connectivity index (χ0) is 11.0. The third-order valence-corrected chi connectivity index (χ3v) is 3.73. The first-order valence-electron chi connectivity index (χ1n) is 4.51. The van der Waals surface area contributed by atoms with Gasteiger partial charge in [0.05, 0.1) is 10.7 Å². The minimum absolute atomic E-state index is 0.412. The summed E-state index contributed by atoms with van der Waals surface area (Å²) in [5.74, 6) is -0.796. The van der Waals surface area contributed by atoms with Crippen LogP contribution in [-0.4, -0.2) is 22.9 Å². The van der Waals surface area contributed by atoms with E-state index in [2.05, 4.69) is 5.32 Å². The van der Waals surface area contributed by atoms with Gasteiger partial charge in [-0.3, -0.25) is 4.79 Å². The maximum absolute atomic E-state index is 10.8. The van der Waals surface area contributed by atoms with Crippen LogP contribution >= 0.6 is 23.4 Å². The molecule has 1 aliphatic heterocycles. The number of anilines is 1. The number of nitrogens with one attached hydrogen (secondary N) is 1.